The van der Waals surface area contributed by atoms with Crippen LogP contribution >= 0.6 is 0 Å². The Balaban J connectivity index is 1.88. The van der Waals surface area contributed by atoms with Gasteiger partial charge in [0.1, 0.15) is 5.78 Å². The summed E-state index contributed by atoms with van der Waals surface area (Å²) in [5, 5.41) is -0.322. The fourth-order valence-electron chi connectivity index (χ4n) is 4.14. The molecule has 0 unspecified atom stereocenters. The van der Waals surface area contributed by atoms with Crippen molar-refractivity contribution in [3.8, 4) is 0 Å². The second kappa shape index (κ2) is 10.8. The van der Waals surface area contributed by atoms with Gasteiger partial charge in [0.25, 0.3) is 0 Å². The van der Waals surface area contributed by atoms with Crippen LogP contribution in [-0.2, 0) is 25.8 Å². The average molecular weight is 438 g/mol. The van der Waals surface area contributed by atoms with Gasteiger partial charge in [0, 0.05) is 31.6 Å². The molecule has 30 heavy (non-hydrogen) atoms. The molecular weight excluding hydrogens is 398 g/mol. The standard InChI is InChI=1S/C24H39NO4S/c1-17(2)30(27,28)11-9-7-8-10-23(26)14-24-18(3)12-22(13-19(24)4)25-15-20(5)29-21(6)16-25/h12-13,17,20-21H,7-11,14-16H2,1-6H3/t20-,21+. The summed E-state index contributed by atoms with van der Waals surface area (Å²) < 4.78 is 29.5. The molecule has 1 aliphatic heterocycles. The zero-order valence-corrected chi connectivity index (χ0v) is 20.3. The summed E-state index contributed by atoms with van der Waals surface area (Å²) in [5.41, 5.74) is 4.65. The molecule has 1 aromatic rings. The van der Waals surface area contributed by atoms with Crippen molar-refractivity contribution in [2.24, 2.45) is 0 Å². The minimum Gasteiger partial charge on any atom is -0.372 e. The van der Waals surface area contributed by atoms with Crippen LogP contribution in [0.1, 0.15) is 70.1 Å². The Bertz CT molecular complexity index is 799. The highest BCUT2D eigenvalue weighted by Crippen LogP contribution is 2.27. The summed E-state index contributed by atoms with van der Waals surface area (Å²) in [6.45, 7) is 13.6. The van der Waals surface area contributed by atoms with E-state index < -0.39 is 9.84 Å². The van der Waals surface area contributed by atoms with E-state index in [1.54, 1.807) is 13.8 Å². The molecule has 170 valence electrons. The van der Waals surface area contributed by atoms with Crippen LogP contribution in [0.5, 0.6) is 0 Å². The first-order valence-electron chi connectivity index (χ1n) is 11.2. The number of rotatable bonds is 10. The van der Waals surface area contributed by atoms with Crippen LogP contribution in [0.15, 0.2) is 12.1 Å². The molecule has 0 bridgehead atoms. The third kappa shape index (κ3) is 7.09. The highest BCUT2D eigenvalue weighted by molar-refractivity contribution is 7.91. The molecule has 1 aromatic carbocycles. The molecule has 2 atom stereocenters. The molecule has 0 amide bonds. The van der Waals surface area contributed by atoms with Gasteiger partial charge in [-0.1, -0.05) is 6.42 Å². The highest BCUT2D eigenvalue weighted by atomic mass is 32.2. The van der Waals surface area contributed by atoms with Gasteiger partial charge in [-0.15, -0.1) is 0 Å². The SMILES string of the molecule is Cc1cc(N2C[C@@H](C)O[C@@H](C)C2)cc(C)c1CC(=O)CCCCCS(=O)(=O)C(C)C. The van der Waals surface area contributed by atoms with Crippen LogP contribution in [0.25, 0.3) is 0 Å². The number of benzene rings is 1. The van der Waals surface area contributed by atoms with E-state index in [9.17, 15) is 13.2 Å². The van der Waals surface area contributed by atoms with Crippen LogP contribution in [0, 0.1) is 13.8 Å². The van der Waals surface area contributed by atoms with Gasteiger partial charge >= 0.3 is 0 Å². The number of unbranched alkanes of at least 4 members (excludes halogenated alkanes) is 2. The van der Waals surface area contributed by atoms with Crippen LogP contribution in [-0.4, -0.2) is 50.5 Å². The van der Waals surface area contributed by atoms with E-state index in [2.05, 4.69) is 44.7 Å². The topological polar surface area (TPSA) is 63.7 Å². The summed E-state index contributed by atoms with van der Waals surface area (Å²) in [4.78, 5) is 14.9. The Morgan fingerprint density at radius 2 is 1.63 bits per heavy atom. The lowest BCUT2D eigenvalue weighted by Gasteiger charge is -2.37. The Labute approximate surface area is 183 Å². The van der Waals surface area contributed by atoms with Gasteiger partial charge in [0.2, 0.25) is 0 Å². The van der Waals surface area contributed by atoms with Crippen LogP contribution in [0.4, 0.5) is 5.69 Å². The first-order valence-corrected chi connectivity index (χ1v) is 12.9. The van der Waals surface area contributed by atoms with Crippen LogP contribution in [0.2, 0.25) is 0 Å². The summed E-state index contributed by atoms with van der Waals surface area (Å²) in [6, 6.07) is 4.38. The number of aryl methyl sites for hydroxylation is 2. The lowest BCUT2D eigenvalue weighted by atomic mass is 9.95. The van der Waals surface area contributed by atoms with E-state index in [1.807, 2.05) is 0 Å². The monoisotopic (exact) mass is 437 g/mol. The molecular formula is C24H39NO4S. The van der Waals surface area contributed by atoms with Crippen molar-refractivity contribution in [2.75, 3.05) is 23.7 Å². The molecule has 6 heteroatoms. The number of sulfone groups is 1. The third-order valence-corrected chi connectivity index (χ3v) is 8.24. The van der Waals surface area contributed by atoms with Crippen LogP contribution < -0.4 is 4.90 Å². The summed E-state index contributed by atoms with van der Waals surface area (Å²) in [5.74, 6) is 0.450. The van der Waals surface area contributed by atoms with Crippen molar-refractivity contribution in [3.63, 3.8) is 0 Å². The number of anilines is 1. The van der Waals surface area contributed by atoms with Gasteiger partial charge in [-0.05, 0) is 83.2 Å². The first-order chi connectivity index (χ1) is 14.0. The molecule has 1 saturated heterocycles. The molecule has 1 heterocycles. The number of nitrogens with zero attached hydrogens (tertiary/aromatic N) is 1. The van der Waals surface area contributed by atoms with Gasteiger partial charge in [-0.3, -0.25) is 4.79 Å². The maximum absolute atomic E-state index is 12.5. The van der Waals surface area contributed by atoms with Gasteiger partial charge < -0.3 is 9.64 Å². The molecule has 5 nitrogen and oxygen atoms in total. The second-order valence-electron chi connectivity index (χ2n) is 9.16. The minimum absolute atomic E-state index is 0.214. The van der Waals surface area contributed by atoms with Crippen molar-refractivity contribution in [2.45, 2.75) is 91.1 Å². The zero-order chi connectivity index (χ0) is 22.5. The fraction of sp³-hybridized carbons (Fsp3) is 0.708. The zero-order valence-electron chi connectivity index (χ0n) is 19.5. The molecule has 0 N–H and O–H groups in total. The van der Waals surface area contributed by atoms with E-state index in [4.69, 9.17) is 4.74 Å². The lowest BCUT2D eigenvalue weighted by molar-refractivity contribution is -0.118. The molecule has 1 aliphatic rings. The van der Waals surface area contributed by atoms with Gasteiger partial charge in [-0.25, -0.2) is 8.42 Å². The number of ether oxygens (including phenoxy) is 1. The van der Waals surface area contributed by atoms with Gasteiger partial charge in [0.05, 0.1) is 23.2 Å². The largest absolute Gasteiger partial charge is 0.372 e. The minimum atomic E-state index is -2.98. The van der Waals surface area contributed by atoms with Crippen molar-refractivity contribution in [3.05, 3.63) is 28.8 Å². The predicted octanol–water partition coefficient (Wildman–Crippen LogP) is 4.41. The molecule has 1 fully saturated rings. The first kappa shape index (κ1) is 24.9. The molecule has 0 aliphatic carbocycles. The second-order valence-corrected chi connectivity index (χ2v) is 11.8. The molecule has 2 rings (SSSR count). The average Bonchev–Trinajstić information content (AvgIpc) is 2.63. The van der Waals surface area contributed by atoms with Crippen molar-refractivity contribution in [1.82, 2.24) is 0 Å². The number of carbonyl (C=O) groups is 1. The number of carbonyl (C=O) groups excluding carboxylic acids is 1. The highest BCUT2D eigenvalue weighted by Gasteiger charge is 2.23. The number of morpholine rings is 1. The maximum atomic E-state index is 12.5. The summed E-state index contributed by atoms with van der Waals surface area (Å²) in [7, 11) is -2.98. The molecule has 0 radical (unpaired) electrons. The van der Waals surface area contributed by atoms with E-state index in [1.165, 1.54) is 5.69 Å². The Kier molecular flexibility index (Phi) is 8.92. The summed E-state index contributed by atoms with van der Waals surface area (Å²) >= 11 is 0. The smallest absolute Gasteiger partial charge is 0.152 e. The molecule has 0 saturated carbocycles. The van der Waals surface area contributed by atoms with Crippen molar-refractivity contribution >= 4 is 21.3 Å². The summed E-state index contributed by atoms with van der Waals surface area (Å²) in [6.07, 6.45) is 3.57. The normalized spacial score (nSPS) is 20.0. The van der Waals surface area contributed by atoms with E-state index in [0.717, 1.165) is 42.6 Å². The number of hydrogen-bond donors (Lipinski definition) is 0. The number of Topliss-reactive ketones (excluding diaryl/α,β-unsaturated/α-hetero) is 1. The van der Waals surface area contributed by atoms with E-state index in [0.29, 0.717) is 19.3 Å². The lowest BCUT2D eigenvalue weighted by Crippen LogP contribution is -2.45. The van der Waals surface area contributed by atoms with Gasteiger partial charge in [-0.2, -0.15) is 0 Å². The van der Waals surface area contributed by atoms with Crippen molar-refractivity contribution < 1.29 is 17.9 Å². The molecule has 0 spiro atoms. The third-order valence-electron chi connectivity index (χ3n) is 5.94. The fourth-order valence-corrected chi connectivity index (χ4v) is 5.22. The Morgan fingerprint density at radius 1 is 1.07 bits per heavy atom. The Morgan fingerprint density at radius 3 is 2.17 bits per heavy atom. The van der Waals surface area contributed by atoms with Crippen molar-refractivity contribution in [1.29, 1.82) is 0 Å². The maximum Gasteiger partial charge on any atom is 0.152 e. The Hall–Kier alpha value is -1.40. The predicted molar refractivity (Wildman–Crippen MR) is 124 cm³/mol. The van der Waals surface area contributed by atoms with Gasteiger partial charge in [0.15, 0.2) is 9.84 Å². The van der Waals surface area contributed by atoms with E-state index in [-0.39, 0.29) is 29.0 Å². The quantitative estimate of drug-likeness (QED) is 0.507. The van der Waals surface area contributed by atoms with E-state index >= 15 is 0 Å². The van der Waals surface area contributed by atoms with Crippen LogP contribution in [0.3, 0.4) is 0 Å². The molecule has 0 aromatic heterocycles. The number of hydrogen-bond acceptors (Lipinski definition) is 5. The number of ketones is 1.